The van der Waals surface area contributed by atoms with Gasteiger partial charge in [0.1, 0.15) is 11.4 Å². The van der Waals surface area contributed by atoms with Crippen molar-refractivity contribution in [2.75, 3.05) is 6.54 Å². The van der Waals surface area contributed by atoms with Gasteiger partial charge in [-0.05, 0) is 66.6 Å². The van der Waals surface area contributed by atoms with Crippen LogP contribution in [0.3, 0.4) is 0 Å². The molecule has 0 spiro atoms. The maximum absolute atomic E-state index is 12.7. The lowest BCUT2D eigenvalue weighted by atomic mass is 10.1. The summed E-state index contributed by atoms with van der Waals surface area (Å²) in [5.74, 6) is 0.996. The Balaban J connectivity index is 1.41. The van der Waals surface area contributed by atoms with E-state index in [4.69, 9.17) is 30.4 Å². The van der Waals surface area contributed by atoms with Gasteiger partial charge in [-0.25, -0.2) is 9.97 Å². The van der Waals surface area contributed by atoms with Crippen LogP contribution in [-0.2, 0) is 6.42 Å². The molecule has 0 saturated carbocycles. The van der Waals surface area contributed by atoms with Gasteiger partial charge in [0.2, 0.25) is 0 Å². The molecule has 0 aliphatic rings. The van der Waals surface area contributed by atoms with Crippen LogP contribution in [0.4, 0.5) is 0 Å². The van der Waals surface area contributed by atoms with E-state index in [9.17, 15) is 4.79 Å². The fourth-order valence-corrected chi connectivity index (χ4v) is 3.57. The highest BCUT2D eigenvalue weighted by molar-refractivity contribution is 6.30. The predicted molar refractivity (Wildman–Crippen MR) is 122 cm³/mol. The zero-order valence-corrected chi connectivity index (χ0v) is 17.7. The third-order valence-electron chi connectivity index (χ3n) is 5.05. The summed E-state index contributed by atoms with van der Waals surface area (Å²) in [4.78, 5) is 22.2. The molecule has 158 valence electrons. The van der Waals surface area contributed by atoms with Gasteiger partial charge >= 0.3 is 0 Å². The lowest BCUT2D eigenvalue weighted by molar-refractivity contribution is 0.0954. The third-order valence-corrected chi connectivity index (χ3v) is 5.30. The summed E-state index contributed by atoms with van der Waals surface area (Å²) < 4.78 is 11.1. The molecule has 3 heterocycles. The monoisotopic (exact) mass is 443 g/mol. The molecule has 2 aromatic carbocycles. The number of carbonyl (C=O) groups excluding carboxylic acids is 1. The summed E-state index contributed by atoms with van der Waals surface area (Å²) in [7, 11) is 0. The molecule has 1 amide bonds. The van der Waals surface area contributed by atoms with Crippen LogP contribution in [0.25, 0.3) is 33.9 Å². The minimum absolute atomic E-state index is 0.169. The first-order valence-corrected chi connectivity index (χ1v) is 10.5. The van der Waals surface area contributed by atoms with Crippen molar-refractivity contribution in [3.8, 4) is 22.9 Å². The maximum atomic E-state index is 12.7. The quantitative estimate of drug-likeness (QED) is 0.360. The van der Waals surface area contributed by atoms with Crippen LogP contribution in [0.1, 0.15) is 15.9 Å². The Morgan fingerprint density at radius 2 is 1.50 bits per heavy atom. The Hall–Kier alpha value is -3.90. The van der Waals surface area contributed by atoms with Gasteiger partial charge in [-0.1, -0.05) is 23.7 Å². The molecule has 0 aliphatic carbocycles. The number of aromatic nitrogens is 2. The normalized spacial score (nSPS) is 11.0. The molecule has 3 aromatic heterocycles. The Labute approximate surface area is 188 Å². The van der Waals surface area contributed by atoms with E-state index in [2.05, 4.69) is 5.32 Å². The van der Waals surface area contributed by atoms with E-state index in [1.54, 1.807) is 42.9 Å². The number of benzene rings is 2. The smallest absolute Gasteiger partial charge is 0.251 e. The van der Waals surface area contributed by atoms with Crippen molar-refractivity contribution in [2.24, 2.45) is 0 Å². The number of nitrogens with zero attached hydrogens (tertiary/aromatic N) is 2. The number of rotatable bonds is 6. The van der Waals surface area contributed by atoms with Crippen LogP contribution in [0.15, 0.2) is 88.1 Å². The maximum Gasteiger partial charge on any atom is 0.251 e. The fourth-order valence-electron chi connectivity index (χ4n) is 3.44. The van der Waals surface area contributed by atoms with Crippen LogP contribution >= 0.6 is 11.6 Å². The topological polar surface area (TPSA) is 81.2 Å². The number of hydrogen-bond acceptors (Lipinski definition) is 5. The van der Waals surface area contributed by atoms with E-state index in [0.29, 0.717) is 57.5 Å². The largest absolute Gasteiger partial charge is 0.463 e. The van der Waals surface area contributed by atoms with E-state index in [1.807, 2.05) is 36.4 Å². The summed E-state index contributed by atoms with van der Waals surface area (Å²) in [6.07, 6.45) is 3.88. The van der Waals surface area contributed by atoms with Crippen LogP contribution in [0.5, 0.6) is 0 Å². The van der Waals surface area contributed by atoms with Crippen LogP contribution in [0, 0.1) is 0 Å². The van der Waals surface area contributed by atoms with Gasteiger partial charge in [-0.3, -0.25) is 4.79 Å². The molecule has 5 rings (SSSR count). The van der Waals surface area contributed by atoms with Gasteiger partial charge in [0.15, 0.2) is 11.5 Å². The lowest BCUT2D eigenvalue weighted by Crippen LogP contribution is -2.25. The van der Waals surface area contributed by atoms with Gasteiger partial charge in [0.25, 0.3) is 5.91 Å². The zero-order chi connectivity index (χ0) is 21.9. The van der Waals surface area contributed by atoms with Gasteiger partial charge < -0.3 is 14.2 Å². The Morgan fingerprint density at radius 1 is 0.844 bits per heavy atom. The van der Waals surface area contributed by atoms with E-state index < -0.39 is 0 Å². The molecular weight excluding hydrogens is 426 g/mol. The first kappa shape index (κ1) is 20.0. The molecule has 0 aliphatic heterocycles. The number of furan rings is 2. The van der Waals surface area contributed by atoms with Gasteiger partial charge in [0, 0.05) is 17.1 Å². The minimum Gasteiger partial charge on any atom is -0.463 e. The van der Waals surface area contributed by atoms with E-state index >= 15 is 0 Å². The average Bonchev–Trinajstić information content (AvgIpc) is 3.53. The van der Waals surface area contributed by atoms with E-state index in [1.165, 1.54) is 0 Å². The molecule has 0 radical (unpaired) electrons. The molecule has 5 aromatic rings. The summed E-state index contributed by atoms with van der Waals surface area (Å²) in [5, 5.41) is 3.64. The number of fused-ring (bicyclic) bond motifs is 1. The molecule has 0 unspecified atom stereocenters. The predicted octanol–water partition coefficient (Wildman–Crippen LogP) is 5.78. The molecule has 1 N–H and O–H groups in total. The summed E-state index contributed by atoms with van der Waals surface area (Å²) in [6.45, 7) is 0.513. The second kappa shape index (κ2) is 8.69. The Kier molecular flexibility index (Phi) is 5.44. The van der Waals surface area contributed by atoms with Crippen LogP contribution < -0.4 is 5.32 Å². The Bertz CT molecular complexity index is 1360. The number of halogens is 1. The highest BCUT2D eigenvalue weighted by atomic mass is 35.5. The van der Waals surface area contributed by atoms with Crippen LogP contribution in [-0.4, -0.2) is 22.4 Å². The highest BCUT2D eigenvalue weighted by Gasteiger charge is 2.18. The third kappa shape index (κ3) is 4.13. The summed E-state index contributed by atoms with van der Waals surface area (Å²) in [5.41, 5.74) is 4.00. The molecule has 7 heteroatoms. The standard InChI is InChI=1S/C25H18ClN3O3/c26-18-8-5-16(6-9-18)11-12-27-25(30)17-7-10-19-20(15-17)29-24(22-4-2-14-32-22)23(28-19)21-3-1-13-31-21/h1-10,13-15H,11-12H2,(H,27,30). The molecule has 0 bridgehead atoms. The number of amides is 1. The van der Waals surface area contributed by atoms with Gasteiger partial charge in [-0.2, -0.15) is 0 Å². The van der Waals surface area contributed by atoms with Crippen molar-refractivity contribution in [3.05, 3.63) is 95.4 Å². The number of carbonyl (C=O) groups is 1. The zero-order valence-electron chi connectivity index (χ0n) is 16.9. The van der Waals surface area contributed by atoms with E-state index in [0.717, 1.165) is 5.56 Å². The van der Waals surface area contributed by atoms with Gasteiger partial charge in [0.05, 0.1) is 23.6 Å². The average molecular weight is 444 g/mol. The summed E-state index contributed by atoms with van der Waals surface area (Å²) in [6, 6.07) is 20.1. The molecule has 0 fully saturated rings. The summed E-state index contributed by atoms with van der Waals surface area (Å²) >= 11 is 5.91. The molecule has 32 heavy (non-hydrogen) atoms. The van der Waals surface area contributed by atoms with Crippen LogP contribution in [0.2, 0.25) is 5.02 Å². The van der Waals surface area contributed by atoms with Crippen molar-refractivity contribution >= 4 is 28.5 Å². The minimum atomic E-state index is -0.169. The van der Waals surface area contributed by atoms with Crippen molar-refractivity contribution in [3.63, 3.8) is 0 Å². The highest BCUT2D eigenvalue weighted by Crippen LogP contribution is 2.31. The van der Waals surface area contributed by atoms with Crippen molar-refractivity contribution in [1.29, 1.82) is 0 Å². The first-order valence-electron chi connectivity index (χ1n) is 10.1. The fraction of sp³-hybridized carbons (Fsp3) is 0.0800. The molecular formula is C25H18ClN3O3. The lowest BCUT2D eigenvalue weighted by Gasteiger charge is -2.09. The first-order chi connectivity index (χ1) is 15.7. The van der Waals surface area contributed by atoms with Gasteiger partial charge in [-0.15, -0.1) is 0 Å². The van der Waals surface area contributed by atoms with E-state index in [-0.39, 0.29) is 5.91 Å². The number of nitrogens with one attached hydrogen (secondary N) is 1. The number of hydrogen-bond donors (Lipinski definition) is 1. The molecule has 6 nitrogen and oxygen atoms in total. The second-order valence-electron chi connectivity index (χ2n) is 7.21. The van der Waals surface area contributed by atoms with Crippen molar-refractivity contribution in [2.45, 2.75) is 6.42 Å². The second-order valence-corrected chi connectivity index (χ2v) is 7.65. The Morgan fingerprint density at radius 3 is 2.12 bits per heavy atom. The molecule has 0 atom stereocenters. The van der Waals surface area contributed by atoms with Crippen molar-refractivity contribution < 1.29 is 13.6 Å². The van der Waals surface area contributed by atoms with Crippen molar-refractivity contribution in [1.82, 2.24) is 15.3 Å². The molecule has 0 saturated heterocycles. The SMILES string of the molecule is O=C(NCCc1ccc(Cl)cc1)c1ccc2nc(-c3ccco3)c(-c3ccco3)nc2c1.